The molecule has 0 aromatic heterocycles. The average molecular weight is 573 g/mol. The first-order valence-electron chi connectivity index (χ1n) is 13.8. The van der Waals surface area contributed by atoms with Gasteiger partial charge in [-0.05, 0) is 72.3 Å². The molecule has 0 saturated carbocycles. The molecule has 216 valence electrons. The van der Waals surface area contributed by atoms with Crippen molar-refractivity contribution >= 4 is 17.6 Å². The Hall–Kier alpha value is -4.43. The zero-order valence-electron chi connectivity index (χ0n) is 23.1. The molecule has 1 heterocycles. The van der Waals surface area contributed by atoms with Gasteiger partial charge in [-0.2, -0.15) is 13.2 Å². The number of piperidine rings is 1. The van der Waals surface area contributed by atoms with Gasteiger partial charge in [-0.25, -0.2) is 4.79 Å². The maximum Gasteiger partial charge on any atom is 0.417 e. The van der Waals surface area contributed by atoms with Gasteiger partial charge in [-0.3, -0.25) is 9.69 Å². The number of carbonyl (C=O) groups excluding carboxylic acids is 2. The minimum absolute atomic E-state index is 0.215. The lowest BCUT2D eigenvalue weighted by Crippen LogP contribution is -2.40. The summed E-state index contributed by atoms with van der Waals surface area (Å²) < 4.78 is 46.9. The van der Waals surface area contributed by atoms with Crippen molar-refractivity contribution in [3.8, 4) is 11.1 Å². The largest absolute Gasteiger partial charge is 0.468 e. The van der Waals surface area contributed by atoms with E-state index in [4.69, 9.17) is 4.74 Å². The summed E-state index contributed by atoms with van der Waals surface area (Å²) in [5.41, 5.74) is 1.72. The summed E-state index contributed by atoms with van der Waals surface area (Å²) >= 11 is 0. The standard InChI is InChI=1S/C34H31F3N2O3/c1-42-33(41)31(26-11-6-3-7-12-26)39-21-19-24(20-22-39)23-15-17-27(18-16-23)38-32(40)30-28(25-9-4-2-5-10-25)13-8-14-29(30)34(35,36)37/h2-18,24,31H,19-22H2,1H3,(H,38,40). The quantitative estimate of drug-likeness (QED) is 0.231. The first-order chi connectivity index (χ1) is 20.3. The highest BCUT2D eigenvalue weighted by Gasteiger charge is 2.37. The molecule has 4 aromatic carbocycles. The molecule has 8 heteroatoms. The molecule has 1 amide bonds. The highest BCUT2D eigenvalue weighted by atomic mass is 19.4. The summed E-state index contributed by atoms with van der Waals surface area (Å²) in [7, 11) is 1.40. The maximum atomic E-state index is 13.9. The number of ether oxygens (including phenoxy) is 1. The summed E-state index contributed by atoms with van der Waals surface area (Å²) in [5.74, 6) is -0.865. The van der Waals surface area contributed by atoms with Gasteiger partial charge >= 0.3 is 12.1 Å². The molecule has 0 radical (unpaired) electrons. The minimum Gasteiger partial charge on any atom is -0.468 e. The zero-order chi connectivity index (χ0) is 29.7. The molecule has 5 rings (SSSR count). The number of esters is 1. The third-order valence-corrected chi connectivity index (χ3v) is 7.76. The van der Waals surface area contributed by atoms with Crippen LogP contribution in [0.25, 0.3) is 11.1 Å². The number of amides is 1. The van der Waals surface area contributed by atoms with Gasteiger partial charge < -0.3 is 10.1 Å². The van der Waals surface area contributed by atoms with E-state index in [-0.39, 0.29) is 17.5 Å². The van der Waals surface area contributed by atoms with Crippen LogP contribution in [0.2, 0.25) is 0 Å². The van der Waals surface area contributed by atoms with Gasteiger partial charge in [0.05, 0.1) is 18.2 Å². The Labute approximate surface area is 242 Å². The van der Waals surface area contributed by atoms with E-state index in [1.54, 1.807) is 42.5 Å². The molecule has 4 aromatic rings. The van der Waals surface area contributed by atoms with Crippen molar-refractivity contribution in [3.63, 3.8) is 0 Å². The third kappa shape index (κ3) is 6.39. The second-order valence-corrected chi connectivity index (χ2v) is 10.3. The van der Waals surface area contributed by atoms with Crippen LogP contribution in [0.15, 0.2) is 103 Å². The first kappa shape index (κ1) is 29.1. The monoisotopic (exact) mass is 572 g/mol. The van der Waals surface area contributed by atoms with Crippen molar-refractivity contribution < 1.29 is 27.5 Å². The summed E-state index contributed by atoms with van der Waals surface area (Å²) in [5, 5.41) is 2.67. The fourth-order valence-electron chi connectivity index (χ4n) is 5.66. The number of hydrogen-bond donors (Lipinski definition) is 1. The highest BCUT2D eigenvalue weighted by molar-refractivity contribution is 6.10. The third-order valence-electron chi connectivity index (χ3n) is 7.76. The van der Waals surface area contributed by atoms with Crippen LogP contribution in [0.5, 0.6) is 0 Å². The minimum atomic E-state index is -4.69. The number of likely N-dealkylation sites (tertiary alicyclic amines) is 1. The molecular weight excluding hydrogens is 541 g/mol. The molecule has 1 unspecified atom stereocenters. The lowest BCUT2D eigenvalue weighted by Gasteiger charge is -2.36. The van der Waals surface area contributed by atoms with Crippen LogP contribution >= 0.6 is 0 Å². The van der Waals surface area contributed by atoms with Crippen LogP contribution in [0, 0.1) is 0 Å². The van der Waals surface area contributed by atoms with Gasteiger partial charge in [0.15, 0.2) is 0 Å². The molecule has 5 nitrogen and oxygen atoms in total. The number of carbonyl (C=O) groups is 2. The van der Waals surface area contributed by atoms with Crippen molar-refractivity contribution in [2.45, 2.75) is 31.0 Å². The van der Waals surface area contributed by atoms with Crippen LogP contribution in [-0.4, -0.2) is 37.0 Å². The van der Waals surface area contributed by atoms with Crippen molar-refractivity contribution in [1.29, 1.82) is 0 Å². The Morgan fingerprint density at radius 2 is 1.45 bits per heavy atom. The fourth-order valence-corrected chi connectivity index (χ4v) is 5.66. The van der Waals surface area contributed by atoms with E-state index in [2.05, 4.69) is 10.2 Å². The summed E-state index contributed by atoms with van der Waals surface area (Å²) in [6.45, 7) is 1.41. The molecule has 1 aliphatic rings. The number of nitrogens with zero attached hydrogens (tertiary/aromatic N) is 1. The van der Waals surface area contributed by atoms with E-state index in [1.807, 2.05) is 42.5 Å². The Balaban J connectivity index is 1.30. The van der Waals surface area contributed by atoms with Crippen molar-refractivity contribution in [1.82, 2.24) is 4.90 Å². The molecule has 0 spiro atoms. The van der Waals surface area contributed by atoms with E-state index in [9.17, 15) is 22.8 Å². The topological polar surface area (TPSA) is 58.6 Å². The van der Waals surface area contributed by atoms with E-state index in [0.717, 1.165) is 30.0 Å². The van der Waals surface area contributed by atoms with Crippen molar-refractivity contribution in [2.75, 3.05) is 25.5 Å². The average Bonchev–Trinajstić information content (AvgIpc) is 3.02. The predicted molar refractivity (Wildman–Crippen MR) is 156 cm³/mol. The highest BCUT2D eigenvalue weighted by Crippen LogP contribution is 2.38. The fraction of sp³-hybridized carbons (Fsp3) is 0.235. The van der Waals surface area contributed by atoms with E-state index in [0.29, 0.717) is 24.3 Å². The van der Waals surface area contributed by atoms with E-state index < -0.39 is 29.3 Å². The predicted octanol–water partition coefficient (Wildman–Crippen LogP) is 7.72. The van der Waals surface area contributed by atoms with Gasteiger partial charge in [-0.15, -0.1) is 0 Å². The second kappa shape index (κ2) is 12.6. The van der Waals surface area contributed by atoms with Crippen LogP contribution in [0.1, 0.15) is 51.8 Å². The first-order valence-corrected chi connectivity index (χ1v) is 13.8. The van der Waals surface area contributed by atoms with Crippen molar-refractivity contribution in [3.05, 3.63) is 125 Å². The number of alkyl halides is 3. The van der Waals surface area contributed by atoms with Crippen molar-refractivity contribution in [2.24, 2.45) is 0 Å². The normalized spacial score (nSPS) is 15.1. The van der Waals surface area contributed by atoms with Crippen LogP contribution in [-0.2, 0) is 15.7 Å². The molecule has 0 bridgehead atoms. The number of nitrogens with one attached hydrogen (secondary N) is 1. The molecule has 1 saturated heterocycles. The lowest BCUT2D eigenvalue weighted by molar-refractivity contribution is -0.147. The lowest BCUT2D eigenvalue weighted by atomic mass is 9.88. The van der Waals surface area contributed by atoms with Crippen LogP contribution in [0.4, 0.5) is 18.9 Å². The number of rotatable bonds is 7. The van der Waals surface area contributed by atoms with E-state index >= 15 is 0 Å². The Morgan fingerprint density at radius 1 is 0.833 bits per heavy atom. The molecule has 0 aliphatic carbocycles. The van der Waals surface area contributed by atoms with Gasteiger partial charge in [0.1, 0.15) is 6.04 Å². The summed E-state index contributed by atoms with van der Waals surface area (Å²) in [6.07, 6.45) is -3.04. The summed E-state index contributed by atoms with van der Waals surface area (Å²) in [4.78, 5) is 28.0. The Bertz CT molecular complexity index is 1520. The second-order valence-electron chi connectivity index (χ2n) is 10.3. The molecule has 1 aliphatic heterocycles. The number of halogens is 3. The van der Waals surface area contributed by atoms with Gasteiger partial charge in [0, 0.05) is 5.69 Å². The molecule has 42 heavy (non-hydrogen) atoms. The Kier molecular flexibility index (Phi) is 8.73. The molecule has 1 atom stereocenters. The Morgan fingerprint density at radius 3 is 2.05 bits per heavy atom. The van der Waals surface area contributed by atoms with Crippen LogP contribution in [0.3, 0.4) is 0 Å². The van der Waals surface area contributed by atoms with Crippen LogP contribution < -0.4 is 5.32 Å². The van der Waals surface area contributed by atoms with Gasteiger partial charge in [-0.1, -0.05) is 84.9 Å². The summed E-state index contributed by atoms with van der Waals surface area (Å²) in [6, 6.07) is 28.7. The van der Waals surface area contributed by atoms with Gasteiger partial charge in [0.25, 0.3) is 5.91 Å². The number of methoxy groups -OCH3 is 1. The maximum absolute atomic E-state index is 13.9. The van der Waals surface area contributed by atoms with E-state index in [1.165, 1.54) is 19.2 Å². The molecular formula is C34H31F3N2O3. The molecule has 1 N–H and O–H groups in total. The zero-order valence-corrected chi connectivity index (χ0v) is 23.1. The number of benzene rings is 4. The SMILES string of the molecule is COC(=O)C(c1ccccc1)N1CCC(c2ccc(NC(=O)c3c(-c4ccccc4)cccc3C(F)(F)F)cc2)CC1. The van der Waals surface area contributed by atoms with Gasteiger partial charge in [0.2, 0.25) is 0 Å². The number of anilines is 1. The smallest absolute Gasteiger partial charge is 0.417 e. The number of hydrogen-bond acceptors (Lipinski definition) is 4. The molecule has 1 fully saturated rings.